The Kier molecular flexibility index (Phi) is 2.48. The molecule has 0 unspecified atom stereocenters. The fourth-order valence-corrected chi connectivity index (χ4v) is 3.56. The number of hydrogen-bond donors (Lipinski definition) is 0. The third-order valence-corrected chi connectivity index (χ3v) is 4.57. The monoisotopic (exact) mass is 311 g/mol. The molecule has 1 aromatic carbocycles. The van der Waals surface area contributed by atoms with Crippen LogP contribution in [0, 0.1) is 11.3 Å². The third kappa shape index (κ3) is 1.47. The van der Waals surface area contributed by atoms with E-state index in [9.17, 15) is 5.26 Å². The van der Waals surface area contributed by atoms with Gasteiger partial charge in [-0.15, -0.1) is 0 Å². The van der Waals surface area contributed by atoms with Gasteiger partial charge in [-0.3, -0.25) is 4.40 Å². The van der Waals surface area contributed by atoms with Gasteiger partial charge in [-0.2, -0.15) is 5.26 Å². The zero-order chi connectivity index (χ0) is 16.3. The molecule has 0 bridgehead atoms. The molecule has 0 fully saturated rings. The van der Waals surface area contributed by atoms with E-state index in [1.54, 1.807) is 0 Å². The number of rotatable bonds is 1. The standard InChI is InChI=1S/C19H13N5/c1-2-23-14-8-4-3-7-12(14)16-13(11-20)17-19(22-18(16)23)24-10-6-5-9-15(24)21-17/h3-10H,2H2,1H3. The van der Waals surface area contributed by atoms with Crippen molar-refractivity contribution in [3.05, 3.63) is 54.2 Å². The van der Waals surface area contributed by atoms with E-state index >= 15 is 0 Å². The molecule has 4 heterocycles. The van der Waals surface area contributed by atoms with E-state index in [-0.39, 0.29) is 0 Å². The van der Waals surface area contributed by atoms with Crippen LogP contribution in [0.25, 0.3) is 38.7 Å². The van der Waals surface area contributed by atoms with Crippen molar-refractivity contribution >= 4 is 38.7 Å². The van der Waals surface area contributed by atoms with Crippen molar-refractivity contribution in [2.24, 2.45) is 0 Å². The average Bonchev–Trinajstić information content (AvgIpc) is 3.15. The highest BCUT2D eigenvalue weighted by molar-refractivity contribution is 6.13. The molecule has 0 saturated heterocycles. The maximum Gasteiger partial charge on any atom is 0.168 e. The Morgan fingerprint density at radius 1 is 1.04 bits per heavy atom. The Bertz CT molecular complexity index is 1300. The number of aromatic nitrogens is 4. The summed E-state index contributed by atoms with van der Waals surface area (Å²) in [6, 6.07) is 16.3. The molecule has 4 aromatic heterocycles. The molecule has 5 heteroatoms. The van der Waals surface area contributed by atoms with E-state index in [1.807, 2.05) is 47.0 Å². The molecule has 0 spiro atoms. The van der Waals surface area contributed by atoms with Gasteiger partial charge in [0, 0.05) is 23.5 Å². The van der Waals surface area contributed by atoms with Crippen LogP contribution in [0.2, 0.25) is 0 Å². The largest absolute Gasteiger partial charge is 0.325 e. The second kappa shape index (κ2) is 4.56. The summed E-state index contributed by atoms with van der Waals surface area (Å²) >= 11 is 0. The molecule has 5 aromatic rings. The van der Waals surface area contributed by atoms with Gasteiger partial charge in [0.25, 0.3) is 0 Å². The second-order valence-corrected chi connectivity index (χ2v) is 5.77. The van der Waals surface area contributed by atoms with Gasteiger partial charge >= 0.3 is 0 Å². The molecule has 0 N–H and O–H groups in total. The van der Waals surface area contributed by atoms with E-state index in [0.717, 1.165) is 39.8 Å². The highest BCUT2D eigenvalue weighted by Gasteiger charge is 2.20. The van der Waals surface area contributed by atoms with Crippen LogP contribution in [-0.4, -0.2) is 18.9 Å². The van der Waals surface area contributed by atoms with Crippen LogP contribution in [0.3, 0.4) is 0 Å². The molecular formula is C19H13N5. The normalized spacial score (nSPS) is 11.7. The van der Waals surface area contributed by atoms with Gasteiger partial charge < -0.3 is 4.57 Å². The molecular weight excluding hydrogens is 298 g/mol. The van der Waals surface area contributed by atoms with Gasteiger partial charge in [-0.25, -0.2) is 9.97 Å². The van der Waals surface area contributed by atoms with Gasteiger partial charge in [0.05, 0.1) is 11.1 Å². The fourth-order valence-electron chi connectivity index (χ4n) is 3.56. The lowest BCUT2D eigenvalue weighted by Crippen LogP contribution is -1.97. The summed E-state index contributed by atoms with van der Waals surface area (Å²) in [5.74, 6) is 0. The number of pyridine rings is 2. The molecule has 0 aliphatic carbocycles. The first-order valence-electron chi connectivity index (χ1n) is 7.91. The lowest BCUT2D eigenvalue weighted by Gasteiger charge is -2.02. The zero-order valence-electron chi connectivity index (χ0n) is 13.1. The van der Waals surface area contributed by atoms with Crippen LogP contribution in [0.4, 0.5) is 0 Å². The highest BCUT2D eigenvalue weighted by Crippen LogP contribution is 2.34. The zero-order valence-corrected chi connectivity index (χ0v) is 13.1. The van der Waals surface area contributed by atoms with Crippen molar-refractivity contribution in [1.82, 2.24) is 18.9 Å². The summed E-state index contributed by atoms with van der Waals surface area (Å²) in [6.45, 7) is 2.89. The number of benzene rings is 1. The Morgan fingerprint density at radius 2 is 1.88 bits per heavy atom. The van der Waals surface area contributed by atoms with Crippen molar-refractivity contribution < 1.29 is 0 Å². The van der Waals surface area contributed by atoms with E-state index in [0.29, 0.717) is 11.1 Å². The molecule has 24 heavy (non-hydrogen) atoms. The number of hydrogen-bond acceptors (Lipinski definition) is 3. The topological polar surface area (TPSA) is 58.9 Å². The Balaban J connectivity index is 2.15. The molecule has 5 rings (SSSR count). The van der Waals surface area contributed by atoms with Crippen LogP contribution in [0.1, 0.15) is 12.5 Å². The smallest absolute Gasteiger partial charge is 0.168 e. The number of aryl methyl sites for hydroxylation is 1. The molecule has 0 radical (unpaired) electrons. The summed E-state index contributed by atoms with van der Waals surface area (Å²) in [4.78, 5) is 9.54. The van der Waals surface area contributed by atoms with Crippen molar-refractivity contribution in [3.63, 3.8) is 0 Å². The predicted octanol–water partition coefficient (Wildman–Crippen LogP) is 3.88. The maximum atomic E-state index is 9.86. The van der Waals surface area contributed by atoms with Crippen LogP contribution < -0.4 is 0 Å². The Morgan fingerprint density at radius 3 is 2.71 bits per heavy atom. The van der Waals surface area contributed by atoms with Crippen molar-refractivity contribution in [3.8, 4) is 6.07 Å². The van der Waals surface area contributed by atoms with Gasteiger partial charge in [0.1, 0.15) is 22.9 Å². The van der Waals surface area contributed by atoms with E-state index < -0.39 is 0 Å². The quantitative estimate of drug-likeness (QED) is 0.472. The van der Waals surface area contributed by atoms with E-state index in [4.69, 9.17) is 4.98 Å². The minimum absolute atomic E-state index is 0.599. The summed E-state index contributed by atoms with van der Waals surface area (Å²) < 4.78 is 4.10. The highest BCUT2D eigenvalue weighted by atomic mass is 15.1. The minimum atomic E-state index is 0.599. The predicted molar refractivity (Wildman–Crippen MR) is 93.9 cm³/mol. The number of nitrogens with zero attached hydrogens (tertiary/aromatic N) is 5. The first-order valence-corrected chi connectivity index (χ1v) is 7.91. The third-order valence-electron chi connectivity index (χ3n) is 4.57. The van der Waals surface area contributed by atoms with Crippen LogP contribution in [0.15, 0.2) is 48.7 Å². The molecule has 0 aliphatic heterocycles. The Labute approximate surface area is 137 Å². The van der Waals surface area contributed by atoms with Crippen LogP contribution in [0.5, 0.6) is 0 Å². The van der Waals surface area contributed by atoms with Crippen molar-refractivity contribution in [2.75, 3.05) is 0 Å². The first-order chi connectivity index (χ1) is 11.8. The van der Waals surface area contributed by atoms with E-state index in [1.165, 1.54) is 0 Å². The van der Waals surface area contributed by atoms with Gasteiger partial charge in [-0.1, -0.05) is 24.3 Å². The summed E-state index contributed by atoms with van der Waals surface area (Å²) in [7, 11) is 0. The molecule has 114 valence electrons. The molecule has 0 amide bonds. The van der Waals surface area contributed by atoms with Gasteiger partial charge in [0.2, 0.25) is 0 Å². The lowest BCUT2D eigenvalue weighted by atomic mass is 10.1. The number of fused-ring (bicyclic) bond motifs is 6. The Hall–Kier alpha value is -3.39. The van der Waals surface area contributed by atoms with Crippen molar-refractivity contribution in [2.45, 2.75) is 13.5 Å². The molecule has 5 nitrogen and oxygen atoms in total. The van der Waals surface area contributed by atoms with Crippen LogP contribution in [-0.2, 0) is 6.54 Å². The lowest BCUT2D eigenvalue weighted by molar-refractivity contribution is 0.817. The van der Waals surface area contributed by atoms with Gasteiger partial charge in [0.15, 0.2) is 5.65 Å². The SMILES string of the molecule is CCn1c2ccccc2c2c(C#N)c3nc4ccccn4c3nc21. The van der Waals surface area contributed by atoms with Crippen molar-refractivity contribution in [1.29, 1.82) is 5.26 Å². The van der Waals surface area contributed by atoms with Crippen LogP contribution >= 0.6 is 0 Å². The molecule has 0 saturated carbocycles. The second-order valence-electron chi connectivity index (χ2n) is 5.77. The number of para-hydroxylation sites is 1. The average molecular weight is 311 g/mol. The minimum Gasteiger partial charge on any atom is -0.325 e. The first kappa shape index (κ1) is 13.1. The molecule has 0 aliphatic rings. The van der Waals surface area contributed by atoms with Gasteiger partial charge in [-0.05, 0) is 25.1 Å². The number of imidazole rings is 1. The van der Waals surface area contributed by atoms with E-state index in [2.05, 4.69) is 28.6 Å². The fraction of sp³-hybridized carbons (Fsp3) is 0.105. The summed E-state index contributed by atoms with van der Waals surface area (Å²) in [5, 5.41) is 11.8. The number of nitriles is 1. The molecule has 0 atom stereocenters. The maximum absolute atomic E-state index is 9.86. The summed E-state index contributed by atoms with van der Waals surface area (Å²) in [6.07, 6.45) is 1.93. The summed E-state index contributed by atoms with van der Waals surface area (Å²) in [5.41, 5.74) is 4.73.